The monoisotopic (exact) mass is 300 g/mol. The molecule has 20 heavy (non-hydrogen) atoms. The van der Waals surface area contributed by atoms with E-state index < -0.39 is 11.7 Å². The molecule has 1 N–H and O–H groups in total. The number of benzene rings is 1. The summed E-state index contributed by atoms with van der Waals surface area (Å²) < 4.78 is 38.1. The lowest BCUT2D eigenvalue weighted by molar-refractivity contribution is -0.137. The molecule has 6 heteroatoms. The molecule has 0 spiro atoms. The lowest BCUT2D eigenvalue weighted by Gasteiger charge is -2.19. The molecule has 0 radical (unpaired) electrons. The van der Waals surface area contributed by atoms with Gasteiger partial charge in [-0.25, -0.2) is 4.98 Å². The topological polar surface area (TPSA) is 24.9 Å². The molecule has 0 saturated heterocycles. The minimum Gasteiger partial charge on any atom is -0.302 e. The Morgan fingerprint density at radius 2 is 1.95 bits per heavy atom. The van der Waals surface area contributed by atoms with Gasteiger partial charge in [-0.15, -0.1) is 11.3 Å². The first-order valence-electron chi connectivity index (χ1n) is 6.20. The van der Waals surface area contributed by atoms with E-state index >= 15 is 0 Å². The van der Waals surface area contributed by atoms with Gasteiger partial charge in [-0.1, -0.05) is 12.1 Å². The van der Waals surface area contributed by atoms with Gasteiger partial charge in [0.15, 0.2) is 0 Å². The molecule has 0 aliphatic rings. The number of nitrogens with one attached hydrogen (secondary N) is 1. The first-order valence-corrected chi connectivity index (χ1v) is 7.08. The maximum Gasteiger partial charge on any atom is 0.416 e. The molecule has 108 valence electrons. The highest BCUT2D eigenvalue weighted by atomic mass is 32.1. The molecule has 0 saturated carbocycles. The summed E-state index contributed by atoms with van der Waals surface area (Å²) in [4.78, 5) is 4.20. The van der Waals surface area contributed by atoms with E-state index in [0.29, 0.717) is 5.56 Å². The minimum atomic E-state index is -4.31. The SMILES string of the molecule is CC(NC(C)c1nccs1)c1cccc(C(F)(F)F)c1. The number of alkyl halides is 3. The van der Waals surface area contributed by atoms with Gasteiger partial charge in [0.1, 0.15) is 5.01 Å². The van der Waals surface area contributed by atoms with Gasteiger partial charge in [-0.2, -0.15) is 13.2 Å². The Hall–Kier alpha value is -1.40. The molecule has 0 bridgehead atoms. The first kappa shape index (κ1) is 15.0. The second-order valence-corrected chi connectivity index (χ2v) is 5.53. The number of rotatable bonds is 4. The van der Waals surface area contributed by atoms with Crippen molar-refractivity contribution in [3.8, 4) is 0 Å². The number of thiazole rings is 1. The van der Waals surface area contributed by atoms with E-state index in [2.05, 4.69) is 10.3 Å². The Bertz CT molecular complexity index is 552. The van der Waals surface area contributed by atoms with Crippen molar-refractivity contribution in [2.75, 3.05) is 0 Å². The smallest absolute Gasteiger partial charge is 0.302 e. The lowest BCUT2D eigenvalue weighted by atomic mass is 10.0. The lowest BCUT2D eigenvalue weighted by Crippen LogP contribution is -2.22. The van der Waals surface area contributed by atoms with Crippen LogP contribution in [0, 0.1) is 0 Å². The summed E-state index contributed by atoms with van der Waals surface area (Å²) in [5, 5.41) is 6.06. The summed E-state index contributed by atoms with van der Waals surface area (Å²) in [6, 6.07) is 5.22. The largest absolute Gasteiger partial charge is 0.416 e. The Morgan fingerprint density at radius 3 is 2.55 bits per heavy atom. The molecule has 1 aromatic heterocycles. The van der Waals surface area contributed by atoms with Crippen LogP contribution in [0.15, 0.2) is 35.8 Å². The van der Waals surface area contributed by atoms with Gasteiger partial charge in [-0.3, -0.25) is 0 Å². The Morgan fingerprint density at radius 1 is 1.20 bits per heavy atom. The van der Waals surface area contributed by atoms with Gasteiger partial charge in [0.2, 0.25) is 0 Å². The number of hydrogen-bond acceptors (Lipinski definition) is 3. The summed E-state index contributed by atoms with van der Waals surface area (Å²) in [6.07, 6.45) is -2.59. The van der Waals surface area contributed by atoms with Crippen LogP contribution >= 0.6 is 11.3 Å². The summed E-state index contributed by atoms with van der Waals surface area (Å²) in [5.74, 6) is 0. The summed E-state index contributed by atoms with van der Waals surface area (Å²) in [6.45, 7) is 3.79. The van der Waals surface area contributed by atoms with Crippen LogP contribution in [-0.2, 0) is 6.18 Å². The van der Waals surface area contributed by atoms with Gasteiger partial charge >= 0.3 is 6.18 Å². The molecule has 0 aliphatic carbocycles. The molecule has 2 nitrogen and oxygen atoms in total. The van der Waals surface area contributed by atoms with Crippen LogP contribution in [0.5, 0.6) is 0 Å². The van der Waals surface area contributed by atoms with E-state index in [4.69, 9.17) is 0 Å². The van der Waals surface area contributed by atoms with Crippen molar-refractivity contribution in [1.29, 1.82) is 0 Å². The minimum absolute atomic E-state index is 0.000423. The van der Waals surface area contributed by atoms with E-state index in [9.17, 15) is 13.2 Å². The zero-order valence-electron chi connectivity index (χ0n) is 11.1. The number of hydrogen-bond donors (Lipinski definition) is 1. The van der Waals surface area contributed by atoms with Crippen molar-refractivity contribution in [1.82, 2.24) is 10.3 Å². The molecule has 2 rings (SSSR count). The zero-order chi connectivity index (χ0) is 14.8. The fourth-order valence-corrected chi connectivity index (χ4v) is 2.63. The van der Waals surface area contributed by atoms with Crippen LogP contribution in [0.2, 0.25) is 0 Å². The predicted octanol–water partition coefficient (Wildman–Crippen LogP) is 4.57. The Kier molecular flexibility index (Phi) is 4.45. The third-order valence-corrected chi connectivity index (χ3v) is 3.99. The third kappa shape index (κ3) is 3.58. The van der Waals surface area contributed by atoms with Crippen molar-refractivity contribution >= 4 is 11.3 Å². The third-order valence-electron chi connectivity index (χ3n) is 3.04. The predicted molar refractivity (Wildman–Crippen MR) is 73.5 cm³/mol. The van der Waals surface area contributed by atoms with Gasteiger partial charge in [-0.05, 0) is 31.5 Å². The molecule has 2 aromatic rings. The molecule has 0 aliphatic heterocycles. The van der Waals surface area contributed by atoms with Crippen LogP contribution in [-0.4, -0.2) is 4.98 Å². The quantitative estimate of drug-likeness (QED) is 0.894. The summed E-state index contributed by atoms with van der Waals surface area (Å²) in [5.41, 5.74) is -0.00576. The van der Waals surface area contributed by atoms with Crippen molar-refractivity contribution in [3.63, 3.8) is 0 Å². The van der Waals surface area contributed by atoms with E-state index in [-0.39, 0.29) is 12.1 Å². The van der Waals surface area contributed by atoms with Crippen molar-refractivity contribution in [2.45, 2.75) is 32.1 Å². The first-order chi connectivity index (χ1) is 9.38. The van der Waals surface area contributed by atoms with Gasteiger partial charge in [0.05, 0.1) is 11.6 Å². The molecular weight excluding hydrogens is 285 g/mol. The number of aromatic nitrogens is 1. The van der Waals surface area contributed by atoms with E-state index in [1.807, 2.05) is 19.2 Å². The zero-order valence-corrected chi connectivity index (χ0v) is 11.9. The number of halogens is 3. The molecule has 0 amide bonds. The normalized spacial score (nSPS) is 15.1. The van der Waals surface area contributed by atoms with Gasteiger partial charge < -0.3 is 5.32 Å². The van der Waals surface area contributed by atoms with E-state index in [1.165, 1.54) is 23.5 Å². The highest BCUT2D eigenvalue weighted by molar-refractivity contribution is 7.09. The molecule has 2 atom stereocenters. The van der Waals surface area contributed by atoms with Crippen LogP contribution in [0.25, 0.3) is 0 Å². The maximum atomic E-state index is 12.7. The average Bonchev–Trinajstić information content (AvgIpc) is 2.91. The summed E-state index contributed by atoms with van der Waals surface area (Å²) >= 11 is 1.52. The van der Waals surface area contributed by atoms with Crippen LogP contribution in [0.4, 0.5) is 13.2 Å². The van der Waals surface area contributed by atoms with Crippen LogP contribution in [0.1, 0.15) is 42.1 Å². The van der Waals surface area contributed by atoms with Gasteiger partial charge in [0, 0.05) is 17.6 Å². The van der Waals surface area contributed by atoms with Crippen molar-refractivity contribution in [3.05, 3.63) is 52.0 Å². The second-order valence-electron chi connectivity index (χ2n) is 4.60. The van der Waals surface area contributed by atoms with Gasteiger partial charge in [0.25, 0.3) is 0 Å². The summed E-state index contributed by atoms with van der Waals surface area (Å²) in [7, 11) is 0. The van der Waals surface area contributed by atoms with E-state index in [1.54, 1.807) is 12.3 Å². The molecule has 1 heterocycles. The van der Waals surface area contributed by atoms with Crippen molar-refractivity contribution < 1.29 is 13.2 Å². The molecule has 0 fully saturated rings. The van der Waals surface area contributed by atoms with Crippen molar-refractivity contribution in [2.24, 2.45) is 0 Å². The molecule has 1 aromatic carbocycles. The fraction of sp³-hybridized carbons (Fsp3) is 0.357. The Balaban J connectivity index is 2.11. The standard InChI is InChI=1S/C14H15F3N2S/c1-9(19-10(2)13-18-6-7-20-13)11-4-3-5-12(8-11)14(15,16)17/h3-10,19H,1-2H3. The van der Waals surface area contributed by atoms with Crippen LogP contribution < -0.4 is 5.32 Å². The molecular formula is C14H15F3N2S. The highest BCUT2D eigenvalue weighted by Crippen LogP contribution is 2.31. The van der Waals surface area contributed by atoms with Crippen LogP contribution in [0.3, 0.4) is 0 Å². The maximum absolute atomic E-state index is 12.7. The molecule has 2 unspecified atom stereocenters. The Labute approximate surface area is 119 Å². The fourth-order valence-electron chi connectivity index (χ4n) is 1.98. The number of nitrogens with zero attached hydrogens (tertiary/aromatic N) is 1. The van der Waals surface area contributed by atoms with E-state index in [0.717, 1.165) is 11.1 Å². The second kappa shape index (κ2) is 5.93. The average molecular weight is 300 g/mol. The highest BCUT2D eigenvalue weighted by Gasteiger charge is 2.30.